The minimum absolute atomic E-state index is 0.284. The van der Waals surface area contributed by atoms with Gasteiger partial charge in [-0.2, -0.15) is 5.10 Å². The van der Waals surface area contributed by atoms with Gasteiger partial charge in [0.25, 0.3) is 0 Å². The molecule has 0 fully saturated rings. The summed E-state index contributed by atoms with van der Waals surface area (Å²) in [4.78, 5) is 0. The highest BCUT2D eigenvalue weighted by Crippen LogP contribution is 2.11. The lowest BCUT2D eigenvalue weighted by Crippen LogP contribution is -1.86. The van der Waals surface area contributed by atoms with Crippen LogP contribution in [0.2, 0.25) is 0 Å². The Labute approximate surface area is 70.8 Å². The lowest BCUT2D eigenvalue weighted by Gasteiger charge is -1.90. The van der Waals surface area contributed by atoms with Gasteiger partial charge in [-0.1, -0.05) is 0 Å². The number of nitrogens with zero attached hydrogens (tertiary/aromatic N) is 2. The Hall–Kier alpha value is -0.900. The van der Waals surface area contributed by atoms with E-state index < -0.39 is 0 Å². The number of aromatic nitrogens is 2. The summed E-state index contributed by atoms with van der Waals surface area (Å²) < 4.78 is 14.8. The Morgan fingerprint density at radius 1 is 1.45 bits per heavy atom. The zero-order valence-electron chi connectivity index (χ0n) is 5.46. The highest BCUT2D eigenvalue weighted by molar-refractivity contribution is 9.10. The van der Waals surface area contributed by atoms with E-state index in [0.717, 1.165) is 5.52 Å². The van der Waals surface area contributed by atoms with Crippen LogP contribution in [0.25, 0.3) is 5.52 Å². The monoisotopic (exact) mass is 214 g/mol. The molecule has 2 aromatic heterocycles. The summed E-state index contributed by atoms with van der Waals surface area (Å²) in [5, 5.41) is 3.97. The van der Waals surface area contributed by atoms with E-state index in [2.05, 4.69) is 21.0 Å². The van der Waals surface area contributed by atoms with E-state index >= 15 is 0 Å². The molecule has 0 saturated heterocycles. The van der Waals surface area contributed by atoms with Crippen LogP contribution in [0.15, 0.2) is 29.0 Å². The molecule has 2 nitrogen and oxygen atoms in total. The van der Waals surface area contributed by atoms with Gasteiger partial charge in [-0.15, -0.1) is 0 Å². The molecule has 0 saturated carbocycles. The van der Waals surface area contributed by atoms with Crippen molar-refractivity contribution in [1.29, 1.82) is 0 Å². The van der Waals surface area contributed by atoms with E-state index in [1.54, 1.807) is 6.07 Å². The van der Waals surface area contributed by atoms with Crippen molar-refractivity contribution < 1.29 is 4.39 Å². The molecule has 0 aromatic carbocycles. The maximum atomic E-state index is 12.6. The third-order valence-corrected chi connectivity index (χ3v) is 1.78. The third-order valence-electron chi connectivity index (χ3n) is 1.39. The lowest BCUT2D eigenvalue weighted by molar-refractivity contribution is 0.614. The molecule has 11 heavy (non-hydrogen) atoms. The maximum Gasteiger partial charge on any atom is 0.141 e. The van der Waals surface area contributed by atoms with Gasteiger partial charge in [0, 0.05) is 0 Å². The zero-order valence-corrected chi connectivity index (χ0v) is 7.05. The zero-order chi connectivity index (χ0) is 7.84. The molecule has 0 bridgehead atoms. The highest BCUT2D eigenvalue weighted by Gasteiger charge is 1.97. The van der Waals surface area contributed by atoms with Gasteiger partial charge in [0.15, 0.2) is 0 Å². The van der Waals surface area contributed by atoms with Gasteiger partial charge in [0.2, 0.25) is 0 Å². The van der Waals surface area contributed by atoms with Crippen molar-refractivity contribution in [3.05, 3.63) is 34.8 Å². The summed E-state index contributed by atoms with van der Waals surface area (Å²) in [5.74, 6) is -0.284. The van der Waals surface area contributed by atoms with E-state index in [9.17, 15) is 4.39 Å². The first-order valence-corrected chi connectivity index (χ1v) is 3.85. The molecular formula is C7H4BrFN2. The standard InChI is InChI=1S/C7H4BrFN2/c8-7-3-6-2-1-5(9)4-11(6)10-7/h1-4H. The number of rotatable bonds is 0. The molecule has 0 unspecified atom stereocenters. The Balaban J connectivity index is 2.82. The normalized spacial score (nSPS) is 10.7. The van der Waals surface area contributed by atoms with E-state index in [4.69, 9.17) is 0 Å². The number of fused-ring (bicyclic) bond motifs is 1. The molecule has 0 atom stereocenters. The van der Waals surface area contributed by atoms with Crippen LogP contribution in [0.4, 0.5) is 4.39 Å². The summed E-state index contributed by atoms with van der Waals surface area (Å²) >= 11 is 3.19. The topological polar surface area (TPSA) is 17.3 Å². The molecule has 2 aromatic rings. The highest BCUT2D eigenvalue weighted by atomic mass is 79.9. The molecule has 0 aliphatic rings. The smallest absolute Gasteiger partial charge is 0.141 e. The van der Waals surface area contributed by atoms with Gasteiger partial charge in [-0.25, -0.2) is 8.91 Å². The second kappa shape index (κ2) is 2.30. The average Bonchev–Trinajstić information content (AvgIpc) is 2.27. The van der Waals surface area contributed by atoms with E-state index in [-0.39, 0.29) is 5.82 Å². The van der Waals surface area contributed by atoms with Crippen molar-refractivity contribution >= 4 is 21.4 Å². The Bertz CT molecular complexity index is 396. The number of pyridine rings is 1. The second-order valence-electron chi connectivity index (χ2n) is 2.18. The van der Waals surface area contributed by atoms with Crippen LogP contribution in [0.3, 0.4) is 0 Å². The minimum Gasteiger partial charge on any atom is -0.237 e. The number of hydrogen-bond donors (Lipinski definition) is 0. The predicted molar refractivity (Wildman–Crippen MR) is 42.9 cm³/mol. The quantitative estimate of drug-likeness (QED) is 0.658. The minimum atomic E-state index is -0.284. The average molecular weight is 215 g/mol. The van der Waals surface area contributed by atoms with Crippen LogP contribution in [0.5, 0.6) is 0 Å². The van der Waals surface area contributed by atoms with Crippen molar-refractivity contribution in [2.75, 3.05) is 0 Å². The van der Waals surface area contributed by atoms with Crippen LogP contribution < -0.4 is 0 Å². The Kier molecular flexibility index (Phi) is 1.42. The van der Waals surface area contributed by atoms with Crippen LogP contribution in [0.1, 0.15) is 0 Å². The van der Waals surface area contributed by atoms with Gasteiger partial charge >= 0.3 is 0 Å². The van der Waals surface area contributed by atoms with Crippen molar-refractivity contribution in [3.8, 4) is 0 Å². The maximum absolute atomic E-state index is 12.6. The van der Waals surface area contributed by atoms with Crippen molar-refractivity contribution in [3.63, 3.8) is 0 Å². The molecule has 2 heterocycles. The molecule has 0 radical (unpaired) electrons. The third kappa shape index (κ3) is 1.14. The first kappa shape index (κ1) is 6.79. The van der Waals surface area contributed by atoms with Gasteiger partial charge in [-0.05, 0) is 34.1 Å². The molecule has 0 amide bonds. The molecule has 2 rings (SSSR count). The van der Waals surface area contributed by atoms with Gasteiger partial charge < -0.3 is 0 Å². The van der Waals surface area contributed by atoms with E-state index in [0.29, 0.717) is 4.60 Å². The predicted octanol–water partition coefficient (Wildman–Crippen LogP) is 2.24. The number of halogens is 2. The van der Waals surface area contributed by atoms with Crippen molar-refractivity contribution in [1.82, 2.24) is 9.61 Å². The van der Waals surface area contributed by atoms with Crippen molar-refractivity contribution in [2.24, 2.45) is 0 Å². The van der Waals surface area contributed by atoms with Crippen LogP contribution in [-0.2, 0) is 0 Å². The van der Waals surface area contributed by atoms with Gasteiger partial charge in [0.05, 0.1) is 11.7 Å². The van der Waals surface area contributed by atoms with Crippen LogP contribution in [-0.4, -0.2) is 9.61 Å². The second-order valence-corrected chi connectivity index (χ2v) is 3.00. The summed E-state index contributed by atoms with van der Waals surface area (Å²) in [5.41, 5.74) is 0.873. The van der Waals surface area contributed by atoms with Gasteiger partial charge in [0.1, 0.15) is 10.4 Å². The fourth-order valence-electron chi connectivity index (χ4n) is 0.930. The summed E-state index contributed by atoms with van der Waals surface area (Å²) in [6, 6.07) is 4.90. The molecule has 0 aliphatic carbocycles. The fraction of sp³-hybridized carbons (Fsp3) is 0. The van der Waals surface area contributed by atoms with E-state index in [1.165, 1.54) is 16.8 Å². The summed E-state index contributed by atoms with van der Waals surface area (Å²) in [7, 11) is 0. The summed E-state index contributed by atoms with van der Waals surface area (Å²) in [6.45, 7) is 0. The number of hydrogen-bond acceptors (Lipinski definition) is 1. The molecular weight excluding hydrogens is 211 g/mol. The first-order valence-electron chi connectivity index (χ1n) is 3.06. The molecule has 0 aliphatic heterocycles. The van der Waals surface area contributed by atoms with E-state index in [1.807, 2.05) is 6.07 Å². The fourth-order valence-corrected chi connectivity index (χ4v) is 1.34. The molecule has 0 N–H and O–H groups in total. The summed E-state index contributed by atoms with van der Waals surface area (Å²) in [6.07, 6.45) is 1.33. The molecule has 0 spiro atoms. The molecule has 56 valence electrons. The lowest BCUT2D eigenvalue weighted by atomic mass is 10.4. The SMILES string of the molecule is Fc1ccc2cc(Br)nn2c1. The Morgan fingerprint density at radius 2 is 2.27 bits per heavy atom. The van der Waals surface area contributed by atoms with Crippen LogP contribution in [0, 0.1) is 5.82 Å². The van der Waals surface area contributed by atoms with Crippen molar-refractivity contribution in [2.45, 2.75) is 0 Å². The first-order chi connectivity index (χ1) is 5.25. The molecule has 4 heteroatoms. The van der Waals surface area contributed by atoms with Gasteiger partial charge in [-0.3, -0.25) is 0 Å². The largest absolute Gasteiger partial charge is 0.237 e. The van der Waals surface area contributed by atoms with Crippen LogP contribution >= 0.6 is 15.9 Å². The Morgan fingerprint density at radius 3 is 3.09 bits per heavy atom.